The third kappa shape index (κ3) is 3.21. The Morgan fingerprint density at radius 1 is 1.47 bits per heavy atom. The molecule has 1 aromatic heterocycles. The van der Waals surface area contributed by atoms with E-state index in [1.807, 2.05) is 6.07 Å². The van der Waals surface area contributed by atoms with Gasteiger partial charge in [0.2, 0.25) is 0 Å². The molecule has 3 heteroatoms. The third-order valence-corrected chi connectivity index (χ3v) is 4.85. The average Bonchev–Trinajstić information content (AvgIpc) is 3.18. The van der Waals surface area contributed by atoms with Gasteiger partial charge in [-0.2, -0.15) is 0 Å². The van der Waals surface area contributed by atoms with Crippen LogP contribution in [0.1, 0.15) is 44.8 Å². The fourth-order valence-electron chi connectivity index (χ4n) is 3.37. The van der Waals surface area contributed by atoms with Gasteiger partial charge in [-0.25, -0.2) is 0 Å². The topological polar surface area (TPSA) is 28.4 Å². The van der Waals surface area contributed by atoms with Crippen LogP contribution < -0.4 is 5.32 Å². The maximum Gasteiger partial charge on any atom is 0.117 e. The highest BCUT2D eigenvalue weighted by atomic mass is 16.3. The molecule has 1 aliphatic heterocycles. The van der Waals surface area contributed by atoms with Gasteiger partial charge in [0.25, 0.3) is 0 Å². The van der Waals surface area contributed by atoms with Crippen LogP contribution in [-0.2, 0) is 6.54 Å². The molecule has 2 aliphatic rings. The molecule has 1 saturated heterocycles. The molecule has 1 unspecified atom stereocenters. The smallest absolute Gasteiger partial charge is 0.117 e. The second-order valence-electron chi connectivity index (χ2n) is 6.35. The van der Waals surface area contributed by atoms with E-state index in [1.165, 1.54) is 51.7 Å². The summed E-state index contributed by atoms with van der Waals surface area (Å²) in [4.78, 5) is 2.66. The molecule has 3 rings (SSSR count). The Hall–Kier alpha value is -0.800. The van der Waals surface area contributed by atoms with Crippen LogP contribution in [0.2, 0.25) is 0 Å². The minimum absolute atomic E-state index is 0.480. The number of hydrogen-bond acceptors (Lipinski definition) is 3. The SMILES string of the molecule is CCC1(CN(Cc2ccco2)C2CC2)CCCNC1. The number of furan rings is 1. The highest BCUT2D eigenvalue weighted by Crippen LogP contribution is 2.36. The molecule has 0 amide bonds. The maximum absolute atomic E-state index is 5.54. The second kappa shape index (κ2) is 5.68. The van der Waals surface area contributed by atoms with Gasteiger partial charge < -0.3 is 9.73 Å². The first-order chi connectivity index (χ1) is 9.31. The zero-order valence-corrected chi connectivity index (χ0v) is 12.0. The molecule has 2 fully saturated rings. The van der Waals surface area contributed by atoms with Gasteiger partial charge in [0.05, 0.1) is 12.8 Å². The molecule has 0 aromatic carbocycles. The molecule has 106 valence electrons. The minimum Gasteiger partial charge on any atom is -0.468 e. The molecule has 1 saturated carbocycles. The molecule has 1 aromatic rings. The summed E-state index contributed by atoms with van der Waals surface area (Å²) in [6.45, 7) is 6.94. The highest BCUT2D eigenvalue weighted by molar-refractivity contribution is 5.01. The van der Waals surface area contributed by atoms with Crippen LogP contribution >= 0.6 is 0 Å². The van der Waals surface area contributed by atoms with E-state index in [4.69, 9.17) is 4.42 Å². The molecule has 19 heavy (non-hydrogen) atoms. The summed E-state index contributed by atoms with van der Waals surface area (Å²) in [5.74, 6) is 1.11. The van der Waals surface area contributed by atoms with Gasteiger partial charge >= 0.3 is 0 Å². The van der Waals surface area contributed by atoms with E-state index in [0.29, 0.717) is 5.41 Å². The zero-order valence-electron chi connectivity index (χ0n) is 12.0. The fourth-order valence-corrected chi connectivity index (χ4v) is 3.37. The zero-order chi connectivity index (χ0) is 13.1. The summed E-state index contributed by atoms with van der Waals surface area (Å²) in [7, 11) is 0. The Balaban J connectivity index is 1.66. The molecule has 2 heterocycles. The quantitative estimate of drug-likeness (QED) is 0.854. The van der Waals surface area contributed by atoms with E-state index < -0.39 is 0 Å². The normalized spacial score (nSPS) is 27.9. The van der Waals surface area contributed by atoms with Crippen molar-refractivity contribution in [1.29, 1.82) is 0 Å². The predicted molar refractivity (Wildman–Crippen MR) is 77.0 cm³/mol. The Morgan fingerprint density at radius 3 is 2.95 bits per heavy atom. The lowest BCUT2D eigenvalue weighted by Gasteiger charge is -2.41. The van der Waals surface area contributed by atoms with Crippen molar-refractivity contribution in [3.63, 3.8) is 0 Å². The summed E-state index contributed by atoms with van der Waals surface area (Å²) in [5, 5.41) is 3.60. The van der Waals surface area contributed by atoms with Gasteiger partial charge in [-0.05, 0) is 56.2 Å². The predicted octanol–water partition coefficient (Wildman–Crippen LogP) is 3.02. The van der Waals surface area contributed by atoms with Crippen LogP contribution in [0.15, 0.2) is 22.8 Å². The Morgan fingerprint density at radius 2 is 2.37 bits per heavy atom. The van der Waals surface area contributed by atoms with Gasteiger partial charge in [0, 0.05) is 19.1 Å². The van der Waals surface area contributed by atoms with Crippen molar-refractivity contribution < 1.29 is 4.42 Å². The number of piperidine rings is 1. The average molecular weight is 262 g/mol. The molecular weight excluding hydrogens is 236 g/mol. The molecule has 0 radical (unpaired) electrons. The summed E-state index contributed by atoms with van der Waals surface area (Å²) in [6, 6.07) is 4.90. The summed E-state index contributed by atoms with van der Waals surface area (Å²) >= 11 is 0. The highest BCUT2D eigenvalue weighted by Gasteiger charge is 2.37. The van der Waals surface area contributed by atoms with Crippen LogP contribution in [-0.4, -0.2) is 30.6 Å². The van der Waals surface area contributed by atoms with E-state index in [9.17, 15) is 0 Å². The summed E-state index contributed by atoms with van der Waals surface area (Å²) in [5.41, 5.74) is 0.480. The molecule has 1 atom stereocenters. The van der Waals surface area contributed by atoms with Gasteiger partial charge in [0.1, 0.15) is 5.76 Å². The Bertz CT molecular complexity index is 377. The van der Waals surface area contributed by atoms with Gasteiger partial charge in [-0.15, -0.1) is 0 Å². The van der Waals surface area contributed by atoms with Crippen molar-refractivity contribution in [3.05, 3.63) is 24.2 Å². The van der Waals surface area contributed by atoms with Crippen LogP contribution in [0.25, 0.3) is 0 Å². The monoisotopic (exact) mass is 262 g/mol. The molecule has 1 N–H and O–H groups in total. The lowest BCUT2D eigenvalue weighted by atomic mass is 9.78. The van der Waals surface area contributed by atoms with Gasteiger partial charge in [-0.1, -0.05) is 6.92 Å². The Labute approximate surface area is 116 Å². The standard InChI is InChI=1S/C16H26N2O/c1-2-16(8-4-9-17-12-16)13-18(14-6-7-14)11-15-5-3-10-19-15/h3,5,10,14,17H,2,4,6-9,11-13H2,1H3. The number of nitrogens with one attached hydrogen (secondary N) is 1. The van der Waals surface area contributed by atoms with Crippen molar-refractivity contribution in [2.24, 2.45) is 5.41 Å². The van der Waals surface area contributed by atoms with Crippen molar-refractivity contribution in [3.8, 4) is 0 Å². The van der Waals surface area contributed by atoms with Gasteiger partial charge in [-0.3, -0.25) is 4.90 Å². The first-order valence-electron chi connectivity index (χ1n) is 7.78. The lowest BCUT2D eigenvalue weighted by molar-refractivity contribution is 0.0964. The summed E-state index contributed by atoms with van der Waals surface area (Å²) in [6.07, 6.45) is 8.51. The summed E-state index contributed by atoms with van der Waals surface area (Å²) < 4.78 is 5.54. The molecule has 3 nitrogen and oxygen atoms in total. The molecule has 1 aliphatic carbocycles. The lowest BCUT2D eigenvalue weighted by Crippen LogP contribution is -2.47. The first kappa shape index (κ1) is 13.2. The van der Waals surface area contributed by atoms with Gasteiger partial charge in [0.15, 0.2) is 0 Å². The van der Waals surface area contributed by atoms with E-state index in [-0.39, 0.29) is 0 Å². The van der Waals surface area contributed by atoms with E-state index in [2.05, 4.69) is 23.2 Å². The number of nitrogens with zero attached hydrogens (tertiary/aromatic N) is 1. The largest absolute Gasteiger partial charge is 0.468 e. The van der Waals surface area contributed by atoms with Crippen LogP contribution in [0.5, 0.6) is 0 Å². The third-order valence-electron chi connectivity index (χ3n) is 4.85. The minimum atomic E-state index is 0.480. The fraction of sp³-hybridized carbons (Fsp3) is 0.750. The van der Waals surface area contributed by atoms with E-state index in [0.717, 1.165) is 18.3 Å². The van der Waals surface area contributed by atoms with Crippen molar-refractivity contribution in [2.75, 3.05) is 19.6 Å². The van der Waals surface area contributed by atoms with Crippen LogP contribution in [0.4, 0.5) is 0 Å². The van der Waals surface area contributed by atoms with E-state index >= 15 is 0 Å². The van der Waals surface area contributed by atoms with Crippen LogP contribution in [0.3, 0.4) is 0 Å². The van der Waals surface area contributed by atoms with Crippen molar-refractivity contribution in [1.82, 2.24) is 10.2 Å². The molecule has 0 spiro atoms. The maximum atomic E-state index is 5.54. The van der Waals surface area contributed by atoms with Crippen molar-refractivity contribution >= 4 is 0 Å². The van der Waals surface area contributed by atoms with Crippen molar-refractivity contribution in [2.45, 2.75) is 51.6 Å². The number of rotatable bonds is 6. The van der Waals surface area contributed by atoms with Crippen LogP contribution in [0, 0.1) is 5.41 Å². The van der Waals surface area contributed by atoms with E-state index in [1.54, 1.807) is 6.26 Å². The second-order valence-corrected chi connectivity index (χ2v) is 6.35. The molecule has 0 bridgehead atoms. The first-order valence-corrected chi connectivity index (χ1v) is 7.78. The number of hydrogen-bond donors (Lipinski definition) is 1. The Kier molecular flexibility index (Phi) is 3.94. The molecular formula is C16H26N2O.